The average Bonchev–Trinajstić information content (AvgIpc) is 2.70. The predicted molar refractivity (Wildman–Crippen MR) is 125 cm³/mol. The first kappa shape index (κ1) is 23.2. The van der Waals surface area contributed by atoms with Crippen molar-refractivity contribution in [1.29, 1.82) is 0 Å². The quantitative estimate of drug-likeness (QED) is 0.741. The molecule has 1 heterocycles. The molecule has 2 aliphatic rings. The van der Waals surface area contributed by atoms with E-state index >= 15 is 0 Å². The van der Waals surface area contributed by atoms with Crippen LogP contribution in [-0.2, 0) is 16.6 Å². The Kier molecular flexibility index (Phi) is 8.28. The van der Waals surface area contributed by atoms with Crippen molar-refractivity contribution in [3.8, 4) is 0 Å². The van der Waals surface area contributed by atoms with E-state index in [2.05, 4.69) is 41.1 Å². The Balaban J connectivity index is 1.70. The van der Waals surface area contributed by atoms with E-state index in [1.54, 1.807) is 4.31 Å². The van der Waals surface area contributed by atoms with Crippen molar-refractivity contribution in [3.05, 3.63) is 60.2 Å². The van der Waals surface area contributed by atoms with Crippen molar-refractivity contribution in [2.45, 2.75) is 50.3 Å². The van der Waals surface area contributed by atoms with E-state index in [0.29, 0.717) is 19.5 Å². The van der Waals surface area contributed by atoms with Crippen LogP contribution in [0.4, 0.5) is 0 Å². The maximum absolute atomic E-state index is 13.6. The number of nitrogens with one attached hydrogen (secondary N) is 1. The summed E-state index contributed by atoms with van der Waals surface area (Å²) in [5, 5.41) is 3.48. The highest BCUT2D eigenvalue weighted by atomic mass is 32.2. The van der Waals surface area contributed by atoms with E-state index in [4.69, 9.17) is 0 Å². The summed E-state index contributed by atoms with van der Waals surface area (Å²) in [6, 6.07) is 10.5. The third-order valence-electron chi connectivity index (χ3n) is 6.13. The summed E-state index contributed by atoms with van der Waals surface area (Å²) < 4.78 is 28.1. The molecule has 3 rings (SSSR count). The summed E-state index contributed by atoms with van der Waals surface area (Å²) >= 11 is 0. The van der Waals surface area contributed by atoms with Crippen molar-refractivity contribution in [2.75, 3.05) is 39.3 Å². The van der Waals surface area contributed by atoms with Gasteiger partial charge in [-0.05, 0) is 70.8 Å². The van der Waals surface area contributed by atoms with Gasteiger partial charge in [0.15, 0.2) is 0 Å². The summed E-state index contributed by atoms with van der Waals surface area (Å²) in [6.07, 6.45) is 7.94. The Labute approximate surface area is 182 Å². The minimum absolute atomic E-state index is 0.515. The number of nitrogens with zero attached hydrogens (tertiary/aromatic N) is 2. The third-order valence-corrected chi connectivity index (χ3v) is 8.63. The highest BCUT2D eigenvalue weighted by Crippen LogP contribution is 2.34. The highest BCUT2D eigenvalue weighted by Gasteiger charge is 2.42. The van der Waals surface area contributed by atoms with Gasteiger partial charge in [-0.25, -0.2) is 12.7 Å². The topological polar surface area (TPSA) is 52.7 Å². The van der Waals surface area contributed by atoms with Crippen LogP contribution in [-0.4, -0.2) is 61.6 Å². The zero-order valence-corrected chi connectivity index (χ0v) is 19.2. The number of hydrogen-bond donors (Lipinski definition) is 1. The molecule has 1 N–H and O–H groups in total. The Bertz CT molecular complexity index is 822. The molecule has 1 saturated heterocycles. The Morgan fingerprint density at radius 1 is 1.03 bits per heavy atom. The lowest BCUT2D eigenvalue weighted by Crippen LogP contribution is -2.48. The standard InChI is InChI=1S/C24H37N3O2S/c1-22-10-6-13-24(2,20-22)30(28,29)27-18-8-15-25-14-7-16-26(17-9-19-27)21-23-11-4-3-5-12-23/h3-6,11-13,25H,1,7-10,14-21H2,2H3. The number of allylic oxidation sites excluding steroid dienone is 2. The molecule has 0 bridgehead atoms. The molecule has 1 aliphatic heterocycles. The minimum Gasteiger partial charge on any atom is -0.317 e. The molecule has 166 valence electrons. The zero-order chi connectivity index (χ0) is 21.5. The van der Waals surface area contributed by atoms with Crippen molar-refractivity contribution in [2.24, 2.45) is 0 Å². The molecule has 1 unspecified atom stereocenters. The normalized spacial score (nSPS) is 26.1. The number of rotatable bonds is 4. The largest absolute Gasteiger partial charge is 0.317 e. The van der Waals surface area contributed by atoms with Gasteiger partial charge in [-0.2, -0.15) is 0 Å². The Morgan fingerprint density at radius 2 is 1.70 bits per heavy atom. The van der Waals surface area contributed by atoms with Gasteiger partial charge in [0.05, 0.1) is 0 Å². The fraction of sp³-hybridized carbons (Fsp3) is 0.583. The molecule has 1 aromatic carbocycles. The van der Waals surface area contributed by atoms with Crippen molar-refractivity contribution < 1.29 is 8.42 Å². The maximum Gasteiger partial charge on any atom is 0.223 e. The van der Waals surface area contributed by atoms with Gasteiger partial charge >= 0.3 is 0 Å². The Hall–Kier alpha value is -1.47. The van der Waals surface area contributed by atoms with Gasteiger partial charge in [-0.3, -0.25) is 4.90 Å². The predicted octanol–water partition coefficient (Wildman–Crippen LogP) is 3.56. The first-order valence-corrected chi connectivity index (χ1v) is 12.7. The summed E-state index contributed by atoms with van der Waals surface area (Å²) in [7, 11) is -3.44. The van der Waals surface area contributed by atoms with Crippen molar-refractivity contribution >= 4 is 10.0 Å². The van der Waals surface area contributed by atoms with E-state index < -0.39 is 14.8 Å². The van der Waals surface area contributed by atoms with E-state index in [1.807, 2.05) is 25.1 Å². The zero-order valence-electron chi connectivity index (χ0n) is 18.4. The highest BCUT2D eigenvalue weighted by molar-refractivity contribution is 7.90. The second kappa shape index (κ2) is 10.7. The average molecular weight is 432 g/mol. The lowest BCUT2D eigenvalue weighted by Gasteiger charge is -2.36. The maximum atomic E-state index is 13.6. The molecule has 1 fully saturated rings. The van der Waals surface area contributed by atoms with Gasteiger partial charge in [-0.15, -0.1) is 0 Å². The smallest absolute Gasteiger partial charge is 0.223 e. The second-order valence-corrected chi connectivity index (χ2v) is 11.2. The summed E-state index contributed by atoms with van der Waals surface area (Å²) in [4.78, 5) is 2.45. The van der Waals surface area contributed by atoms with Crippen molar-refractivity contribution in [3.63, 3.8) is 0 Å². The molecule has 5 nitrogen and oxygen atoms in total. The van der Waals surface area contributed by atoms with Crippen LogP contribution < -0.4 is 5.32 Å². The fourth-order valence-corrected chi connectivity index (χ4v) is 6.43. The summed E-state index contributed by atoms with van der Waals surface area (Å²) in [5.74, 6) is 0. The van der Waals surface area contributed by atoms with Gasteiger partial charge in [-0.1, -0.05) is 54.6 Å². The molecule has 1 aromatic rings. The molecule has 6 heteroatoms. The second-order valence-electron chi connectivity index (χ2n) is 8.82. The molecular formula is C24H37N3O2S. The van der Waals surface area contributed by atoms with Gasteiger partial charge in [0.1, 0.15) is 4.75 Å². The van der Waals surface area contributed by atoms with Gasteiger partial charge in [0, 0.05) is 19.6 Å². The molecule has 0 amide bonds. The van der Waals surface area contributed by atoms with Crippen LogP contribution in [0.5, 0.6) is 0 Å². The van der Waals surface area contributed by atoms with E-state index in [1.165, 1.54) is 5.56 Å². The first-order valence-electron chi connectivity index (χ1n) is 11.2. The van der Waals surface area contributed by atoms with E-state index in [-0.39, 0.29) is 0 Å². The molecule has 0 spiro atoms. The third kappa shape index (κ3) is 6.03. The lowest BCUT2D eigenvalue weighted by molar-refractivity contribution is 0.243. The molecule has 0 saturated carbocycles. The fourth-order valence-electron chi connectivity index (χ4n) is 4.44. The molecule has 0 aromatic heterocycles. The molecule has 1 atom stereocenters. The van der Waals surface area contributed by atoms with Crippen LogP contribution in [0, 0.1) is 0 Å². The first-order chi connectivity index (χ1) is 14.4. The summed E-state index contributed by atoms with van der Waals surface area (Å²) in [6.45, 7) is 11.7. The van der Waals surface area contributed by atoms with E-state index in [9.17, 15) is 8.42 Å². The molecule has 0 radical (unpaired) electrons. The van der Waals surface area contributed by atoms with Crippen LogP contribution in [0.15, 0.2) is 54.6 Å². The summed E-state index contributed by atoms with van der Waals surface area (Å²) in [5.41, 5.74) is 2.30. The molecule has 1 aliphatic carbocycles. The molecular weight excluding hydrogens is 394 g/mol. The number of sulfonamides is 1. The van der Waals surface area contributed by atoms with Gasteiger partial charge < -0.3 is 5.32 Å². The van der Waals surface area contributed by atoms with Crippen molar-refractivity contribution in [1.82, 2.24) is 14.5 Å². The van der Waals surface area contributed by atoms with Crippen LogP contribution in [0.1, 0.15) is 44.6 Å². The van der Waals surface area contributed by atoms with E-state index in [0.717, 1.165) is 64.0 Å². The lowest BCUT2D eigenvalue weighted by atomic mass is 9.93. The number of benzene rings is 1. The van der Waals surface area contributed by atoms with Gasteiger partial charge in [0.25, 0.3) is 0 Å². The van der Waals surface area contributed by atoms with Gasteiger partial charge in [0.2, 0.25) is 10.0 Å². The monoisotopic (exact) mass is 431 g/mol. The Morgan fingerprint density at radius 3 is 2.43 bits per heavy atom. The molecule has 30 heavy (non-hydrogen) atoms. The van der Waals surface area contributed by atoms with Crippen LogP contribution in [0.3, 0.4) is 0 Å². The number of hydrogen-bond acceptors (Lipinski definition) is 4. The van der Waals surface area contributed by atoms with Crippen LogP contribution in [0.2, 0.25) is 0 Å². The SMILES string of the molecule is C=C1CC=CC(C)(S(=O)(=O)N2CCCNCCCN(Cc3ccccc3)CCC2)C1. The van der Waals surface area contributed by atoms with Crippen LogP contribution in [0.25, 0.3) is 0 Å². The van der Waals surface area contributed by atoms with Crippen LogP contribution >= 0.6 is 0 Å². The minimum atomic E-state index is -3.44.